The van der Waals surface area contributed by atoms with Crippen LogP contribution in [0.4, 0.5) is 22.0 Å². The van der Waals surface area contributed by atoms with Crippen LogP contribution in [-0.2, 0) is 32.1 Å². The van der Waals surface area contributed by atoms with Gasteiger partial charge in [-0.25, -0.2) is 13.2 Å². The molecule has 1 nitrogen and oxygen atoms in total. The lowest BCUT2D eigenvalue weighted by Crippen LogP contribution is -2.02. The second-order valence-corrected chi connectivity index (χ2v) is 8.98. The standard InChI is InChI=1S/C31H27F5O/c1-2-3-4-22-18-28(32)27(29(33)19-22)16-9-21-8-15-26-24(17-21)12-11-23(30(26)34)10-5-20-6-13-25(14-7-20)37-31(35)36/h2,6-8,11-15,17-19,31H,1,3-5,9-10,16H2. The Morgan fingerprint density at radius 1 is 0.703 bits per heavy atom. The van der Waals surface area contributed by atoms with E-state index in [4.69, 9.17) is 0 Å². The Bertz CT molecular complexity index is 1360. The number of benzene rings is 4. The van der Waals surface area contributed by atoms with Gasteiger partial charge in [0.1, 0.15) is 23.2 Å². The number of halogens is 5. The van der Waals surface area contributed by atoms with Crippen LogP contribution in [0, 0.1) is 17.5 Å². The number of fused-ring (bicyclic) bond motifs is 1. The number of rotatable bonds is 11. The van der Waals surface area contributed by atoms with Crippen LogP contribution in [0.3, 0.4) is 0 Å². The van der Waals surface area contributed by atoms with Gasteiger partial charge in [0, 0.05) is 10.9 Å². The summed E-state index contributed by atoms with van der Waals surface area (Å²) in [6.07, 6.45) is 4.51. The Hall–Kier alpha value is -3.67. The van der Waals surface area contributed by atoms with Crippen molar-refractivity contribution < 1.29 is 26.7 Å². The minimum Gasteiger partial charge on any atom is -0.435 e. The molecule has 0 amide bonds. The fourth-order valence-electron chi connectivity index (χ4n) is 4.43. The van der Waals surface area contributed by atoms with E-state index in [1.54, 1.807) is 36.4 Å². The number of alkyl halides is 2. The summed E-state index contributed by atoms with van der Waals surface area (Å²) in [5.74, 6) is -1.33. The number of aryl methyl sites for hydroxylation is 4. The predicted octanol–water partition coefficient (Wildman–Crippen LogP) is 8.55. The van der Waals surface area contributed by atoms with Gasteiger partial charge in [-0.2, -0.15) is 8.78 Å². The van der Waals surface area contributed by atoms with E-state index in [-0.39, 0.29) is 23.6 Å². The normalized spacial score (nSPS) is 11.3. The van der Waals surface area contributed by atoms with Crippen LogP contribution >= 0.6 is 0 Å². The molecular weight excluding hydrogens is 483 g/mol. The first-order valence-electron chi connectivity index (χ1n) is 12.2. The second-order valence-electron chi connectivity index (χ2n) is 8.98. The van der Waals surface area contributed by atoms with Gasteiger partial charge < -0.3 is 4.74 Å². The lowest BCUT2D eigenvalue weighted by molar-refractivity contribution is -0.0498. The van der Waals surface area contributed by atoms with Gasteiger partial charge >= 0.3 is 6.61 Å². The van der Waals surface area contributed by atoms with Gasteiger partial charge in [0.15, 0.2) is 0 Å². The maximum absolute atomic E-state index is 15.2. The first-order chi connectivity index (χ1) is 17.8. The van der Waals surface area contributed by atoms with Crippen LogP contribution in [0.25, 0.3) is 10.8 Å². The molecule has 4 aromatic carbocycles. The lowest BCUT2D eigenvalue weighted by Gasteiger charge is -2.11. The molecule has 0 aliphatic heterocycles. The summed E-state index contributed by atoms with van der Waals surface area (Å²) in [5.41, 5.74) is 2.95. The van der Waals surface area contributed by atoms with Crippen LogP contribution in [0.5, 0.6) is 5.75 Å². The summed E-state index contributed by atoms with van der Waals surface area (Å²) < 4.78 is 73.1. The largest absolute Gasteiger partial charge is 0.435 e. The van der Waals surface area contributed by atoms with Crippen molar-refractivity contribution in [3.63, 3.8) is 0 Å². The molecule has 0 aliphatic rings. The highest BCUT2D eigenvalue weighted by molar-refractivity contribution is 5.84. The lowest BCUT2D eigenvalue weighted by atomic mass is 9.96. The molecule has 4 rings (SSSR count). The number of ether oxygens (including phenoxy) is 1. The fraction of sp³-hybridized carbons (Fsp3) is 0.226. The van der Waals surface area contributed by atoms with Crippen LogP contribution in [0.15, 0.2) is 79.4 Å². The number of hydrogen-bond acceptors (Lipinski definition) is 1. The zero-order valence-electron chi connectivity index (χ0n) is 20.3. The Morgan fingerprint density at radius 2 is 1.38 bits per heavy atom. The second kappa shape index (κ2) is 12.0. The molecule has 0 spiro atoms. The van der Waals surface area contributed by atoms with Gasteiger partial charge in [0.2, 0.25) is 0 Å². The van der Waals surface area contributed by atoms with Crippen LogP contribution in [-0.4, -0.2) is 6.61 Å². The van der Waals surface area contributed by atoms with Crippen LogP contribution < -0.4 is 4.74 Å². The fourth-order valence-corrected chi connectivity index (χ4v) is 4.43. The van der Waals surface area contributed by atoms with E-state index in [1.165, 1.54) is 24.3 Å². The minimum atomic E-state index is -2.88. The predicted molar refractivity (Wildman–Crippen MR) is 137 cm³/mol. The van der Waals surface area contributed by atoms with E-state index in [2.05, 4.69) is 11.3 Å². The highest BCUT2D eigenvalue weighted by atomic mass is 19.3. The van der Waals surface area contributed by atoms with Crippen molar-refractivity contribution in [3.05, 3.63) is 125 Å². The Kier molecular flexibility index (Phi) is 8.59. The number of allylic oxidation sites excluding steroid dienone is 1. The van der Waals surface area contributed by atoms with Crippen molar-refractivity contribution in [2.45, 2.75) is 45.1 Å². The first kappa shape index (κ1) is 26.4. The van der Waals surface area contributed by atoms with E-state index in [0.717, 1.165) is 11.1 Å². The third-order valence-corrected chi connectivity index (χ3v) is 6.43. The van der Waals surface area contributed by atoms with Crippen LogP contribution in [0.2, 0.25) is 0 Å². The molecule has 192 valence electrons. The molecule has 0 aliphatic carbocycles. The van der Waals surface area contributed by atoms with Crippen molar-refractivity contribution in [2.24, 2.45) is 0 Å². The molecule has 0 aromatic heterocycles. The molecular formula is C31H27F5O. The molecule has 4 aromatic rings. The molecule has 6 heteroatoms. The van der Waals surface area contributed by atoms with Crippen molar-refractivity contribution in [2.75, 3.05) is 0 Å². The maximum atomic E-state index is 15.2. The molecule has 0 heterocycles. The van der Waals surface area contributed by atoms with Crippen molar-refractivity contribution in [3.8, 4) is 5.75 Å². The average molecular weight is 511 g/mol. The topological polar surface area (TPSA) is 9.23 Å². The summed E-state index contributed by atoms with van der Waals surface area (Å²) in [4.78, 5) is 0. The Balaban J connectivity index is 1.42. The number of hydrogen-bond donors (Lipinski definition) is 0. The molecule has 0 saturated heterocycles. The first-order valence-corrected chi connectivity index (χ1v) is 12.2. The third kappa shape index (κ3) is 6.76. The summed E-state index contributed by atoms with van der Waals surface area (Å²) >= 11 is 0. The van der Waals surface area contributed by atoms with E-state index in [1.807, 2.05) is 12.1 Å². The quantitative estimate of drug-likeness (QED) is 0.145. The van der Waals surface area contributed by atoms with Crippen molar-refractivity contribution in [1.82, 2.24) is 0 Å². The molecule has 0 atom stereocenters. The minimum absolute atomic E-state index is 0.0535. The smallest absolute Gasteiger partial charge is 0.387 e. The van der Waals surface area contributed by atoms with Gasteiger partial charge in [-0.15, -0.1) is 6.58 Å². The molecule has 0 radical (unpaired) electrons. The Labute approximate surface area is 213 Å². The van der Waals surface area contributed by atoms with E-state index in [9.17, 15) is 17.6 Å². The van der Waals surface area contributed by atoms with Crippen molar-refractivity contribution in [1.29, 1.82) is 0 Å². The zero-order chi connectivity index (χ0) is 26.4. The molecule has 0 fully saturated rings. The van der Waals surface area contributed by atoms with Gasteiger partial charge in [-0.3, -0.25) is 0 Å². The summed E-state index contributed by atoms with van der Waals surface area (Å²) in [7, 11) is 0. The molecule has 0 saturated carbocycles. The van der Waals surface area contributed by atoms with E-state index >= 15 is 4.39 Å². The molecule has 0 N–H and O–H groups in total. The zero-order valence-corrected chi connectivity index (χ0v) is 20.3. The monoisotopic (exact) mass is 510 g/mol. The van der Waals surface area contributed by atoms with Gasteiger partial charge in [-0.1, -0.05) is 48.5 Å². The SMILES string of the molecule is C=CCCc1cc(F)c(CCc2ccc3c(F)c(CCc4ccc(OC(F)F)cc4)ccc3c2)c(F)c1. The average Bonchev–Trinajstić information content (AvgIpc) is 2.87. The maximum Gasteiger partial charge on any atom is 0.387 e. The highest BCUT2D eigenvalue weighted by Crippen LogP contribution is 2.26. The van der Waals surface area contributed by atoms with Crippen LogP contribution in [0.1, 0.15) is 34.2 Å². The van der Waals surface area contributed by atoms with E-state index < -0.39 is 18.2 Å². The van der Waals surface area contributed by atoms with Gasteiger partial charge in [0.05, 0.1) is 0 Å². The third-order valence-electron chi connectivity index (χ3n) is 6.43. The summed E-state index contributed by atoms with van der Waals surface area (Å²) in [6.45, 7) is 0.755. The van der Waals surface area contributed by atoms with Gasteiger partial charge in [0.25, 0.3) is 0 Å². The van der Waals surface area contributed by atoms with Gasteiger partial charge in [-0.05, 0) is 90.4 Å². The summed E-state index contributed by atoms with van der Waals surface area (Å²) in [6, 6.07) is 18.0. The summed E-state index contributed by atoms with van der Waals surface area (Å²) in [5, 5.41) is 1.19. The van der Waals surface area contributed by atoms with Crippen molar-refractivity contribution >= 4 is 10.8 Å². The molecule has 0 unspecified atom stereocenters. The highest BCUT2D eigenvalue weighted by Gasteiger charge is 2.13. The van der Waals surface area contributed by atoms with E-state index in [0.29, 0.717) is 54.0 Å². The molecule has 37 heavy (non-hydrogen) atoms. The Morgan fingerprint density at radius 3 is 2.05 bits per heavy atom. The molecule has 0 bridgehead atoms.